The first-order valence-electron chi connectivity index (χ1n) is 6.57. The summed E-state index contributed by atoms with van der Waals surface area (Å²) in [6, 6.07) is 6.89. The third-order valence-corrected chi connectivity index (χ3v) is 3.58. The zero-order valence-corrected chi connectivity index (χ0v) is 10.9. The first-order chi connectivity index (χ1) is 8.11. The van der Waals surface area contributed by atoms with Crippen LogP contribution in [-0.4, -0.2) is 23.8 Å². The molecule has 2 N–H and O–H groups in total. The third-order valence-electron chi connectivity index (χ3n) is 3.58. The second kappa shape index (κ2) is 5.19. The van der Waals surface area contributed by atoms with E-state index in [0.29, 0.717) is 0 Å². The molecule has 0 saturated carbocycles. The maximum atomic E-state index is 9.16. The van der Waals surface area contributed by atoms with E-state index in [1.165, 1.54) is 30.4 Å². The van der Waals surface area contributed by atoms with Crippen molar-refractivity contribution in [1.82, 2.24) is 5.32 Å². The Morgan fingerprint density at radius 3 is 2.76 bits per heavy atom. The average molecular weight is 233 g/mol. The summed E-state index contributed by atoms with van der Waals surface area (Å²) in [5, 5.41) is 12.5. The van der Waals surface area contributed by atoms with Crippen LogP contribution in [0.25, 0.3) is 0 Å². The highest BCUT2D eigenvalue weighted by Crippen LogP contribution is 2.22. The van der Waals surface area contributed by atoms with Gasteiger partial charge in [-0.1, -0.05) is 18.2 Å². The van der Waals surface area contributed by atoms with Crippen molar-refractivity contribution in [3.8, 4) is 0 Å². The summed E-state index contributed by atoms with van der Waals surface area (Å²) in [4.78, 5) is 0. The normalized spacial score (nSPS) is 15.0. The second-order valence-electron chi connectivity index (χ2n) is 5.68. The van der Waals surface area contributed by atoms with Gasteiger partial charge in [-0.3, -0.25) is 0 Å². The van der Waals surface area contributed by atoms with Gasteiger partial charge in [-0.15, -0.1) is 0 Å². The minimum Gasteiger partial charge on any atom is -0.394 e. The van der Waals surface area contributed by atoms with Crippen LogP contribution in [-0.2, 0) is 19.3 Å². The molecule has 0 saturated heterocycles. The van der Waals surface area contributed by atoms with E-state index in [1.54, 1.807) is 5.56 Å². The van der Waals surface area contributed by atoms with E-state index in [2.05, 4.69) is 23.5 Å². The lowest BCUT2D eigenvalue weighted by molar-refractivity contribution is 0.189. The fourth-order valence-corrected chi connectivity index (χ4v) is 2.38. The van der Waals surface area contributed by atoms with Crippen LogP contribution < -0.4 is 5.32 Å². The number of hydrogen-bond donors (Lipinski definition) is 2. The van der Waals surface area contributed by atoms with Crippen LogP contribution in [0.15, 0.2) is 18.2 Å². The van der Waals surface area contributed by atoms with Crippen LogP contribution in [0.4, 0.5) is 0 Å². The van der Waals surface area contributed by atoms with E-state index in [1.807, 2.05) is 13.8 Å². The number of aliphatic hydroxyl groups excluding tert-OH is 1. The summed E-state index contributed by atoms with van der Waals surface area (Å²) >= 11 is 0. The van der Waals surface area contributed by atoms with Gasteiger partial charge >= 0.3 is 0 Å². The summed E-state index contributed by atoms with van der Waals surface area (Å²) in [6.07, 6.45) is 4.86. The number of rotatable bonds is 5. The first-order valence-corrected chi connectivity index (χ1v) is 6.57. The van der Waals surface area contributed by atoms with Crippen LogP contribution in [0.2, 0.25) is 0 Å². The van der Waals surface area contributed by atoms with E-state index in [9.17, 15) is 0 Å². The molecule has 0 aromatic heterocycles. The highest BCUT2D eigenvalue weighted by Gasteiger charge is 2.15. The van der Waals surface area contributed by atoms with Gasteiger partial charge in [0, 0.05) is 5.54 Å². The van der Waals surface area contributed by atoms with Crippen molar-refractivity contribution in [1.29, 1.82) is 0 Å². The van der Waals surface area contributed by atoms with Gasteiger partial charge in [0.05, 0.1) is 6.61 Å². The van der Waals surface area contributed by atoms with Crippen molar-refractivity contribution in [2.45, 2.75) is 45.1 Å². The molecule has 0 heterocycles. The maximum absolute atomic E-state index is 9.16. The lowest BCUT2D eigenvalue weighted by Gasteiger charge is -2.23. The molecule has 0 aliphatic heterocycles. The molecule has 1 aromatic rings. The van der Waals surface area contributed by atoms with Gasteiger partial charge in [-0.2, -0.15) is 0 Å². The molecule has 2 nitrogen and oxygen atoms in total. The number of aliphatic hydroxyl groups is 1. The molecule has 2 rings (SSSR count). The van der Waals surface area contributed by atoms with Gasteiger partial charge in [0.15, 0.2) is 0 Å². The maximum Gasteiger partial charge on any atom is 0.0607 e. The standard InChI is InChI=1S/C15H23NO/c1-15(2,11-17)16-9-8-12-6-7-13-4-3-5-14(13)10-12/h6-7,10,16-17H,3-5,8-9,11H2,1-2H3. The number of fused-ring (bicyclic) bond motifs is 1. The number of hydrogen-bond acceptors (Lipinski definition) is 2. The molecule has 2 heteroatoms. The average Bonchev–Trinajstić information content (AvgIpc) is 2.76. The zero-order valence-electron chi connectivity index (χ0n) is 10.9. The van der Waals surface area contributed by atoms with Crippen LogP contribution >= 0.6 is 0 Å². The highest BCUT2D eigenvalue weighted by atomic mass is 16.3. The molecule has 0 spiro atoms. The van der Waals surface area contributed by atoms with E-state index >= 15 is 0 Å². The van der Waals surface area contributed by atoms with E-state index in [4.69, 9.17) is 5.11 Å². The summed E-state index contributed by atoms with van der Waals surface area (Å²) < 4.78 is 0. The van der Waals surface area contributed by atoms with Gasteiger partial charge in [0.25, 0.3) is 0 Å². The molecule has 1 aliphatic carbocycles. The molecule has 0 atom stereocenters. The summed E-state index contributed by atoms with van der Waals surface area (Å²) in [5.74, 6) is 0. The Labute approximate surface area is 104 Å². The fraction of sp³-hybridized carbons (Fsp3) is 0.600. The lowest BCUT2D eigenvalue weighted by Crippen LogP contribution is -2.43. The smallest absolute Gasteiger partial charge is 0.0607 e. The van der Waals surface area contributed by atoms with Crippen LogP contribution in [0.1, 0.15) is 37.0 Å². The molecule has 0 amide bonds. The molecule has 1 aromatic carbocycles. The monoisotopic (exact) mass is 233 g/mol. The molecular formula is C15H23NO. The van der Waals surface area contributed by atoms with E-state index < -0.39 is 0 Å². The molecule has 0 unspecified atom stereocenters. The predicted octanol–water partition coefficient (Wildman–Crippen LogP) is 2.08. The highest BCUT2D eigenvalue weighted by molar-refractivity contribution is 5.35. The van der Waals surface area contributed by atoms with Crippen molar-refractivity contribution in [3.05, 3.63) is 34.9 Å². The molecule has 94 valence electrons. The summed E-state index contributed by atoms with van der Waals surface area (Å²) in [7, 11) is 0. The number of aryl methyl sites for hydroxylation is 2. The van der Waals surface area contributed by atoms with Crippen LogP contribution in [0.5, 0.6) is 0 Å². The topological polar surface area (TPSA) is 32.3 Å². The SMILES string of the molecule is CC(C)(CO)NCCc1ccc2c(c1)CCC2. The van der Waals surface area contributed by atoms with Crippen molar-refractivity contribution >= 4 is 0 Å². The second-order valence-corrected chi connectivity index (χ2v) is 5.68. The Morgan fingerprint density at radius 1 is 1.24 bits per heavy atom. The molecule has 0 fully saturated rings. The van der Waals surface area contributed by atoms with E-state index in [-0.39, 0.29) is 12.1 Å². The Morgan fingerprint density at radius 2 is 2.00 bits per heavy atom. The Hall–Kier alpha value is -0.860. The molecule has 1 aliphatic rings. The summed E-state index contributed by atoms with van der Waals surface area (Å²) in [5.41, 5.74) is 4.32. The molecule has 17 heavy (non-hydrogen) atoms. The third kappa shape index (κ3) is 3.30. The Kier molecular flexibility index (Phi) is 3.85. The lowest BCUT2D eigenvalue weighted by atomic mass is 10.0. The van der Waals surface area contributed by atoms with Crippen molar-refractivity contribution < 1.29 is 5.11 Å². The quantitative estimate of drug-likeness (QED) is 0.816. The molecule has 0 radical (unpaired) electrons. The Bertz CT molecular complexity index is 385. The van der Waals surface area contributed by atoms with Gasteiger partial charge in [-0.05, 0) is 62.8 Å². The van der Waals surface area contributed by atoms with Crippen LogP contribution in [0.3, 0.4) is 0 Å². The van der Waals surface area contributed by atoms with Gasteiger partial charge < -0.3 is 10.4 Å². The molecule has 0 bridgehead atoms. The number of nitrogens with one attached hydrogen (secondary N) is 1. The molecular weight excluding hydrogens is 210 g/mol. The predicted molar refractivity (Wildman–Crippen MR) is 71.3 cm³/mol. The van der Waals surface area contributed by atoms with Crippen molar-refractivity contribution in [3.63, 3.8) is 0 Å². The van der Waals surface area contributed by atoms with Crippen molar-refractivity contribution in [2.75, 3.05) is 13.2 Å². The van der Waals surface area contributed by atoms with E-state index in [0.717, 1.165) is 13.0 Å². The zero-order chi connectivity index (χ0) is 12.3. The van der Waals surface area contributed by atoms with Crippen molar-refractivity contribution in [2.24, 2.45) is 0 Å². The largest absolute Gasteiger partial charge is 0.394 e. The minimum absolute atomic E-state index is 0.170. The fourth-order valence-electron chi connectivity index (χ4n) is 2.38. The van der Waals surface area contributed by atoms with Gasteiger partial charge in [-0.25, -0.2) is 0 Å². The van der Waals surface area contributed by atoms with Gasteiger partial charge in [0.1, 0.15) is 0 Å². The first kappa shape index (κ1) is 12.6. The van der Waals surface area contributed by atoms with Gasteiger partial charge in [0.2, 0.25) is 0 Å². The number of benzene rings is 1. The Balaban J connectivity index is 1.88. The minimum atomic E-state index is -0.170. The van der Waals surface area contributed by atoms with Crippen LogP contribution in [0, 0.1) is 0 Å². The summed E-state index contributed by atoms with van der Waals surface area (Å²) in [6.45, 7) is 5.15.